The fraction of sp³-hybridized carbons (Fsp3) is 0.300. The van der Waals surface area contributed by atoms with E-state index in [0.717, 1.165) is 3.57 Å². The third-order valence-electron chi connectivity index (χ3n) is 1.65. The SMILES string of the molecule is CCOc1ccc(I)cc1C(=O)OC. The lowest BCUT2D eigenvalue weighted by Gasteiger charge is -2.08. The van der Waals surface area contributed by atoms with Crippen LogP contribution < -0.4 is 4.74 Å². The highest BCUT2D eigenvalue weighted by Crippen LogP contribution is 2.21. The van der Waals surface area contributed by atoms with Gasteiger partial charge >= 0.3 is 5.97 Å². The number of rotatable bonds is 3. The smallest absolute Gasteiger partial charge is 0.341 e. The fourth-order valence-electron chi connectivity index (χ4n) is 1.05. The number of carbonyl (C=O) groups is 1. The number of hydrogen-bond donors (Lipinski definition) is 0. The first kappa shape index (κ1) is 11.3. The molecule has 0 radical (unpaired) electrons. The van der Waals surface area contributed by atoms with Crippen LogP contribution in [0.5, 0.6) is 5.75 Å². The molecule has 0 atom stereocenters. The monoisotopic (exact) mass is 306 g/mol. The minimum absolute atomic E-state index is 0.369. The molecule has 4 heteroatoms. The van der Waals surface area contributed by atoms with Crippen LogP contribution in [-0.4, -0.2) is 19.7 Å². The van der Waals surface area contributed by atoms with E-state index in [4.69, 9.17) is 4.74 Å². The molecule has 0 bridgehead atoms. The molecule has 0 saturated carbocycles. The Balaban J connectivity index is 3.08. The summed E-state index contributed by atoms with van der Waals surface area (Å²) in [6.07, 6.45) is 0. The first-order valence-electron chi connectivity index (χ1n) is 4.19. The van der Waals surface area contributed by atoms with E-state index >= 15 is 0 Å². The van der Waals surface area contributed by atoms with Crippen LogP contribution in [0.15, 0.2) is 18.2 Å². The number of esters is 1. The maximum absolute atomic E-state index is 11.4. The van der Waals surface area contributed by atoms with Gasteiger partial charge in [0.25, 0.3) is 0 Å². The molecule has 76 valence electrons. The van der Waals surface area contributed by atoms with E-state index in [1.165, 1.54) is 7.11 Å². The Morgan fingerprint density at radius 2 is 2.21 bits per heavy atom. The zero-order chi connectivity index (χ0) is 10.6. The van der Waals surface area contributed by atoms with Crippen LogP contribution in [0.3, 0.4) is 0 Å². The maximum Gasteiger partial charge on any atom is 0.341 e. The summed E-state index contributed by atoms with van der Waals surface area (Å²) in [5.74, 6) is 0.201. The molecule has 0 aliphatic heterocycles. The average Bonchev–Trinajstić information content (AvgIpc) is 2.20. The first-order valence-corrected chi connectivity index (χ1v) is 5.27. The molecule has 0 fully saturated rings. The summed E-state index contributed by atoms with van der Waals surface area (Å²) in [5.41, 5.74) is 0.473. The predicted octanol–water partition coefficient (Wildman–Crippen LogP) is 2.48. The largest absolute Gasteiger partial charge is 0.493 e. The molecular weight excluding hydrogens is 295 g/mol. The van der Waals surface area contributed by atoms with Crippen molar-refractivity contribution in [3.63, 3.8) is 0 Å². The minimum Gasteiger partial charge on any atom is -0.493 e. The molecule has 0 aliphatic carbocycles. The highest BCUT2D eigenvalue weighted by atomic mass is 127. The van der Waals surface area contributed by atoms with E-state index in [0.29, 0.717) is 17.9 Å². The predicted molar refractivity (Wildman–Crippen MR) is 61.7 cm³/mol. The topological polar surface area (TPSA) is 35.5 Å². The summed E-state index contributed by atoms with van der Waals surface area (Å²) in [7, 11) is 1.36. The van der Waals surface area contributed by atoms with E-state index in [1.54, 1.807) is 12.1 Å². The van der Waals surface area contributed by atoms with Gasteiger partial charge in [-0.05, 0) is 47.7 Å². The van der Waals surface area contributed by atoms with Gasteiger partial charge in [0.1, 0.15) is 11.3 Å². The quantitative estimate of drug-likeness (QED) is 0.636. The molecule has 1 aromatic carbocycles. The summed E-state index contributed by atoms with van der Waals surface area (Å²) < 4.78 is 10.9. The summed E-state index contributed by atoms with van der Waals surface area (Å²) in [6.45, 7) is 2.41. The van der Waals surface area contributed by atoms with Gasteiger partial charge < -0.3 is 9.47 Å². The second kappa shape index (κ2) is 5.19. The molecule has 1 rings (SSSR count). The second-order valence-electron chi connectivity index (χ2n) is 2.57. The third kappa shape index (κ3) is 2.60. The van der Waals surface area contributed by atoms with E-state index in [9.17, 15) is 4.79 Å². The number of methoxy groups -OCH3 is 1. The molecule has 14 heavy (non-hydrogen) atoms. The summed E-state index contributed by atoms with van der Waals surface area (Å²) >= 11 is 2.14. The van der Waals surface area contributed by atoms with Gasteiger partial charge in [-0.15, -0.1) is 0 Å². The van der Waals surface area contributed by atoms with Gasteiger partial charge in [0.15, 0.2) is 0 Å². The van der Waals surface area contributed by atoms with Crippen molar-refractivity contribution in [1.29, 1.82) is 0 Å². The Morgan fingerprint density at radius 3 is 2.79 bits per heavy atom. The zero-order valence-corrected chi connectivity index (χ0v) is 10.2. The normalized spacial score (nSPS) is 9.64. The Bertz CT molecular complexity index is 336. The van der Waals surface area contributed by atoms with Crippen LogP contribution >= 0.6 is 22.6 Å². The summed E-state index contributed by atoms with van der Waals surface area (Å²) in [5, 5.41) is 0. The molecule has 0 amide bonds. The van der Waals surface area contributed by atoms with Crippen molar-refractivity contribution in [3.05, 3.63) is 27.3 Å². The van der Waals surface area contributed by atoms with Crippen molar-refractivity contribution >= 4 is 28.6 Å². The van der Waals surface area contributed by atoms with Gasteiger partial charge in [0, 0.05) is 3.57 Å². The zero-order valence-electron chi connectivity index (χ0n) is 8.04. The van der Waals surface area contributed by atoms with Gasteiger partial charge in [-0.25, -0.2) is 4.79 Å². The summed E-state index contributed by atoms with van der Waals surface area (Å²) in [4.78, 5) is 11.4. The molecule has 0 N–H and O–H groups in total. The molecule has 0 unspecified atom stereocenters. The number of ether oxygens (including phenoxy) is 2. The van der Waals surface area contributed by atoms with Crippen LogP contribution in [0.2, 0.25) is 0 Å². The molecular formula is C10H11IO3. The number of halogens is 1. The van der Waals surface area contributed by atoms with Gasteiger partial charge in [-0.3, -0.25) is 0 Å². The van der Waals surface area contributed by atoms with Crippen LogP contribution in [0, 0.1) is 3.57 Å². The molecule has 0 saturated heterocycles. The van der Waals surface area contributed by atoms with E-state index in [2.05, 4.69) is 27.3 Å². The molecule has 1 aromatic rings. The van der Waals surface area contributed by atoms with Crippen LogP contribution in [0.1, 0.15) is 17.3 Å². The first-order chi connectivity index (χ1) is 6.69. The van der Waals surface area contributed by atoms with Crippen molar-refractivity contribution in [2.45, 2.75) is 6.92 Å². The van der Waals surface area contributed by atoms with Gasteiger partial charge in [0.05, 0.1) is 13.7 Å². The average molecular weight is 306 g/mol. The lowest BCUT2D eigenvalue weighted by molar-refractivity contribution is 0.0596. The molecule has 0 aliphatic rings. The van der Waals surface area contributed by atoms with Gasteiger partial charge in [-0.2, -0.15) is 0 Å². The van der Waals surface area contributed by atoms with Crippen molar-refractivity contribution in [1.82, 2.24) is 0 Å². The van der Waals surface area contributed by atoms with Gasteiger partial charge in [-0.1, -0.05) is 0 Å². The Hall–Kier alpha value is -0.780. The third-order valence-corrected chi connectivity index (χ3v) is 2.32. The molecule has 0 aromatic heterocycles. The highest BCUT2D eigenvalue weighted by molar-refractivity contribution is 14.1. The molecule has 3 nitrogen and oxygen atoms in total. The second-order valence-corrected chi connectivity index (χ2v) is 3.81. The maximum atomic E-state index is 11.4. The number of benzene rings is 1. The van der Waals surface area contributed by atoms with Crippen LogP contribution in [-0.2, 0) is 4.74 Å². The molecule has 0 heterocycles. The standard InChI is InChI=1S/C10H11IO3/c1-3-14-9-5-4-7(11)6-8(9)10(12)13-2/h4-6H,3H2,1-2H3. The van der Waals surface area contributed by atoms with Crippen LogP contribution in [0.25, 0.3) is 0 Å². The lowest BCUT2D eigenvalue weighted by atomic mass is 10.2. The van der Waals surface area contributed by atoms with Crippen molar-refractivity contribution in [2.24, 2.45) is 0 Å². The van der Waals surface area contributed by atoms with E-state index in [-0.39, 0.29) is 5.97 Å². The number of hydrogen-bond acceptors (Lipinski definition) is 3. The van der Waals surface area contributed by atoms with Crippen molar-refractivity contribution in [2.75, 3.05) is 13.7 Å². The van der Waals surface area contributed by atoms with Crippen molar-refractivity contribution in [3.8, 4) is 5.75 Å². The van der Waals surface area contributed by atoms with Gasteiger partial charge in [0.2, 0.25) is 0 Å². The Kier molecular flexibility index (Phi) is 4.19. The highest BCUT2D eigenvalue weighted by Gasteiger charge is 2.12. The fourth-order valence-corrected chi connectivity index (χ4v) is 1.54. The van der Waals surface area contributed by atoms with Crippen molar-refractivity contribution < 1.29 is 14.3 Å². The Labute approximate surface area is 96.5 Å². The van der Waals surface area contributed by atoms with E-state index in [1.807, 2.05) is 13.0 Å². The molecule has 0 spiro atoms. The van der Waals surface area contributed by atoms with E-state index < -0.39 is 0 Å². The minimum atomic E-state index is -0.369. The number of carbonyl (C=O) groups excluding carboxylic acids is 1. The lowest BCUT2D eigenvalue weighted by Crippen LogP contribution is -2.05. The van der Waals surface area contributed by atoms with Crippen LogP contribution in [0.4, 0.5) is 0 Å². The Morgan fingerprint density at radius 1 is 1.50 bits per heavy atom. The summed E-state index contributed by atoms with van der Waals surface area (Å²) in [6, 6.07) is 5.41.